The summed E-state index contributed by atoms with van der Waals surface area (Å²) in [5, 5.41) is 0. The van der Waals surface area contributed by atoms with Gasteiger partial charge in [-0.15, -0.1) is 0 Å². The number of aryl methyl sites for hydroxylation is 1. The molecular formula is C17H20N4O. The van der Waals surface area contributed by atoms with Gasteiger partial charge in [0.2, 0.25) is 0 Å². The van der Waals surface area contributed by atoms with Gasteiger partial charge in [-0.1, -0.05) is 12.1 Å². The van der Waals surface area contributed by atoms with E-state index < -0.39 is 0 Å². The predicted octanol–water partition coefficient (Wildman–Crippen LogP) is 1.74. The number of carbonyl (C=O) groups is 1. The summed E-state index contributed by atoms with van der Waals surface area (Å²) in [4.78, 5) is 25.2. The number of hydrogen-bond donors (Lipinski definition) is 0. The Kier molecular flexibility index (Phi) is 4.44. The molecule has 5 heteroatoms. The first-order valence-electron chi connectivity index (χ1n) is 7.56. The van der Waals surface area contributed by atoms with Gasteiger partial charge >= 0.3 is 0 Å². The van der Waals surface area contributed by atoms with Crippen molar-refractivity contribution in [2.75, 3.05) is 26.2 Å². The van der Waals surface area contributed by atoms with Crippen LogP contribution in [-0.2, 0) is 6.54 Å². The van der Waals surface area contributed by atoms with E-state index in [0.717, 1.165) is 38.4 Å². The molecule has 2 aromatic heterocycles. The zero-order valence-electron chi connectivity index (χ0n) is 12.8. The fraction of sp³-hybridized carbons (Fsp3) is 0.353. The van der Waals surface area contributed by atoms with Gasteiger partial charge in [-0.3, -0.25) is 14.7 Å². The SMILES string of the molecule is Cc1cccc(C(=O)N2CCN(Cc3cccnc3)CC2)n1. The van der Waals surface area contributed by atoms with Crippen LogP contribution in [0.5, 0.6) is 0 Å². The molecular weight excluding hydrogens is 276 g/mol. The Morgan fingerprint density at radius 1 is 1.14 bits per heavy atom. The minimum Gasteiger partial charge on any atom is -0.335 e. The fourth-order valence-electron chi connectivity index (χ4n) is 2.68. The van der Waals surface area contributed by atoms with Crippen LogP contribution in [0.3, 0.4) is 0 Å². The van der Waals surface area contributed by atoms with Crippen molar-refractivity contribution in [3.63, 3.8) is 0 Å². The third-order valence-electron chi connectivity index (χ3n) is 3.90. The van der Waals surface area contributed by atoms with Gasteiger partial charge in [0.15, 0.2) is 0 Å². The second-order valence-electron chi connectivity index (χ2n) is 5.59. The summed E-state index contributed by atoms with van der Waals surface area (Å²) in [5.74, 6) is 0.0322. The number of carbonyl (C=O) groups excluding carboxylic acids is 1. The molecule has 0 N–H and O–H groups in total. The molecule has 0 aliphatic carbocycles. The molecule has 3 heterocycles. The van der Waals surface area contributed by atoms with E-state index in [1.807, 2.05) is 36.2 Å². The Morgan fingerprint density at radius 2 is 1.95 bits per heavy atom. The number of pyridine rings is 2. The molecule has 1 aliphatic rings. The van der Waals surface area contributed by atoms with E-state index in [2.05, 4.69) is 20.9 Å². The van der Waals surface area contributed by atoms with Gasteiger partial charge in [-0.05, 0) is 30.7 Å². The van der Waals surface area contributed by atoms with Gasteiger partial charge in [0.25, 0.3) is 5.91 Å². The minimum atomic E-state index is 0.0322. The van der Waals surface area contributed by atoms with Gasteiger partial charge in [0.1, 0.15) is 5.69 Å². The Hall–Kier alpha value is -2.27. The molecule has 0 radical (unpaired) electrons. The van der Waals surface area contributed by atoms with Crippen molar-refractivity contribution in [2.45, 2.75) is 13.5 Å². The number of piperazine rings is 1. The third-order valence-corrected chi connectivity index (χ3v) is 3.90. The van der Waals surface area contributed by atoms with Crippen LogP contribution < -0.4 is 0 Å². The summed E-state index contributed by atoms with van der Waals surface area (Å²) >= 11 is 0. The van der Waals surface area contributed by atoms with Crippen LogP contribution in [0.25, 0.3) is 0 Å². The van der Waals surface area contributed by atoms with E-state index in [1.165, 1.54) is 5.56 Å². The fourth-order valence-corrected chi connectivity index (χ4v) is 2.68. The largest absolute Gasteiger partial charge is 0.335 e. The zero-order chi connectivity index (χ0) is 15.4. The van der Waals surface area contributed by atoms with Gasteiger partial charge < -0.3 is 4.90 Å². The highest BCUT2D eigenvalue weighted by molar-refractivity contribution is 5.92. The van der Waals surface area contributed by atoms with Crippen molar-refractivity contribution in [3.8, 4) is 0 Å². The lowest BCUT2D eigenvalue weighted by Gasteiger charge is -2.34. The maximum atomic E-state index is 12.5. The average molecular weight is 296 g/mol. The molecule has 3 rings (SSSR count). The minimum absolute atomic E-state index is 0.0322. The van der Waals surface area contributed by atoms with Crippen molar-refractivity contribution in [2.24, 2.45) is 0 Å². The molecule has 1 saturated heterocycles. The first kappa shape index (κ1) is 14.7. The lowest BCUT2D eigenvalue weighted by atomic mass is 10.2. The smallest absolute Gasteiger partial charge is 0.272 e. The van der Waals surface area contributed by atoms with E-state index in [-0.39, 0.29) is 5.91 Å². The number of aromatic nitrogens is 2. The number of rotatable bonds is 3. The molecule has 22 heavy (non-hydrogen) atoms. The second-order valence-corrected chi connectivity index (χ2v) is 5.59. The molecule has 0 saturated carbocycles. The Morgan fingerprint density at radius 3 is 2.64 bits per heavy atom. The van der Waals surface area contributed by atoms with E-state index in [0.29, 0.717) is 5.69 Å². The van der Waals surface area contributed by atoms with Crippen molar-refractivity contribution in [1.29, 1.82) is 0 Å². The maximum Gasteiger partial charge on any atom is 0.272 e. The van der Waals surface area contributed by atoms with Gasteiger partial charge in [-0.2, -0.15) is 0 Å². The maximum absolute atomic E-state index is 12.5. The van der Waals surface area contributed by atoms with Crippen molar-refractivity contribution >= 4 is 5.91 Å². The first-order chi connectivity index (χ1) is 10.7. The molecule has 0 atom stereocenters. The Bertz CT molecular complexity index is 636. The number of hydrogen-bond acceptors (Lipinski definition) is 4. The summed E-state index contributed by atoms with van der Waals surface area (Å²) in [6, 6.07) is 9.62. The van der Waals surface area contributed by atoms with Gasteiger partial charge in [-0.25, -0.2) is 4.98 Å². The van der Waals surface area contributed by atoms with E-state index >= 15 is 0 Å². The van der Waals surface area contributed by atoms with Gasteiger partial charge in [0.05, 0.1) is 0 Å². The van der Waals surface area contributed by atoms with E-state index in [4.69, 9.17) is 0 Å². The summed E-state index contributed by atoms with van der Waals surface area (Å²) in [6.07, 6.45) is 3.68. The normalized spacial score (nSPS) is 15.8. The molecule has 0 aromatic carbocycles. The molecule has 0 spiro atoms. The van der Waals surface area contributed by atoms with Crippen LogP contribution in [-0.4, -0.2) is 51.9 Å². The van der Waals surface area contributed by atoms with Crippen molar-refractivity contribution in [3.05, 3.63) is 59.7 Å². The highest BCUT2D eigenvalue weighted by Gasteiger charge is 2.22. The lowest BCUT2D eigenvalue weighted by molar-refractivity contribution is 0.0622. The number of nitrogens with zero attached hydrogens (tertiary/aromatic N) is 4. The summed E-state index contributed by atoms with van der Waals surface area (Å²) < 4.78 is 0. The highest BCUT2D eigenvalue weighted by atomic mass is 16.2. The monoisotopic (exact) mass is 296 g/mol. The van der Waals surface area contributed by atoms with Crippen LogP contribution in [0.15, 0.2) is 42.7 Å². The third kappa shape index (κ3) is 3.49. The zero-order valence-corrected chi connectivity index (χ0v) is 12.8. The second kappa shape index (κ2) is 6.66. The predicted molar refractivity (Wildman–Crippen MR) is 84.4 cm³/mol. The quantitative estimate of drug-likeness (QED) is 0.866. The molecule has 1 aliphatic heterocycles. The van der Waals surface area contributed by atoms with Crippen LogP contribution >= 0.6 is 0 Å². The summed E-state index contributed by atoms with van der Waals surface area (Å²) in [7, 11) is 0. The van der Waals surface area contributed by atoms with E-state index in [9.17, 15) is 4.79 Å². The van der Waals surface area contributed by atoms with Crippen LogP contribution in [0, 0.1) is 6.92 Å². The number of amides is 1. The highest BCUT2D eigenvalue weighted by Crippen LogP contribution is 2.10. The van der Waals surface area contributed by atoms with Crippen molar-refractivity contribution in [1.82, 2.24) is 19.8 Å². The molecule has 114 valence electrons. The summed E-state index contributed by atoms with van der Waals surface area (Å²) in [6.45, 7) is 6.05. The first-order valence-corrected chi connectivity index (χ1v) is 7.56. The van der Waals surface area contributed by atoms with Crippen LogP contribution in [0.2, 0.25) is 0 Å². The topological polar surface area (TPSA) is 49.3 Å². The van der Waals surface area contributed by atoms with Gasteiger partial charge in [0, 0.05) is 50.8 Å². The lowest BCUT2D eigenvalue weighted by Crippen LogP contribution is -2.48. The Labute approximate surface area is 130 Å². The van der Waals surface area contributed by atoms with Crippen molar-refractivity contribution < 1.29 is 4.79 Å². The molecule has 0 unspecified atom stereocenters. The molecule has 2 aromatic rings. The van der Waals surface area contributed by atoms with E-state index in [1.54, 1.807) is 12.3 Å². The molecule has 1 fully saturated rings. The molecule has 0 bridgehead atoms. The summed E-state index contributed by atoms with van der Waals surface area (Å²) in [5.41, 5.74) is 2.63. The van der Waals surface area contributed by atoms with Crippen LogP contribution in [0.4, 0.5) is 0 Å². The van der Waals surface area contributed by atoms with Crippen LogP contribution in [0.1, 0.15) is 21.7 Å². The molecule has 5 nitrogen and oxygen atoms in total. The Balaban J connectivity index is 1.56. The standard InChI is InChI=1S/C17H20N4O/c1-14-4-2-6-16(19-14)17(22)21-10-8-20(9-11-21)13-15-5-3-7-18-12-15/h2-7,12H,8-11,13H2,1H3. The average Bonchev–Trinajstić information content (AvgIpc) is 2.56. The molecule has 1 amide bonds.